The van der Waals surface area contributed by atoms with Gasteiger partial charge in [0.15, 0.2) is 11.6 Å². The number of halogens is 2. The van der Waals surface area contributed by atoms with Gasteiger partial charge in [0.1, 0.15) is 11.3 Å². The lowest BCUT2D eigenvalue weighted by molar-refractivity contribution is -0.138. The summed E-state index contributed by atoms with van der Waals surface area (Å²) in [6.45, 7) is 13.8. The maximum absolute atomic E-state index is 13.9. The molecule has 0 saturated carbocycles. The zero-order valence-electron chi connectivity index (χ0n) is 31.3. The van der Waals surface area contributed by atoms with Crippen molar-refractivity contribution in [1.82, 2.24) is 24.2 Å². The van der Waals surface area contributed by atoms with E-state index >= 15 is 0 Å². The third-order valence-corrected chi connectivity index (χ3v) is 9.12. The monoisotopic (exact) mass is 739 g/mol. The topological polar surface area (TPSA) is 135 Å². The first-order valence-electron chi connectivity index (χ1n) is 17.9. The Balaban J connectivity index is 1.31. The molecule has 16 heteroatoms. The average molecular weight is 740 g/mol. The van der Waals surface area contributed by atoms with E-state index in [0.717, 1.165) is 12.1 Å². The Kier molecular flexibility index (Phi) is 15.2. The Hall–Kier alpha value is -3.41. The summed E-state index contributed by atoms with van der Waals surface area (Å²) < 4.78 is 57.1. The molecule has 292 valence electrons. The number of carbonyl (C=O) groups excluding carboxylic acids is 3. The predicted molar refractivity (Wildman–Crippen MR) is 188 cm³/mol. The van der Waals surface area contributed by atoms with Gasteiger partial charge in [0.05, 0.1) is 77.6 Å². The highest BCUT2D eigenvalue weighted by molar-refractivity contribution is 5.99. The van der Waals surface area contributed by atoms with Crippen molar-refractivity contribution >= 4 is 28.8 Å². The van der Waals surface area contributed by atoms with E-state index in [2.05, 4.69) is 0 Å². The number of nitrogens with zero attached hydrogens (tertiary/aromatic N) is 5. The van der Waals surface area contributed by atoms with Crippen molar-refractivity contribution in [3.05, 3.63) is 35.5 Å². The van der Waals surface area contributed by atoms with E-state index in [-0.39, 0.29) is 56.3 Å². The molecule has 0 bridgehead atoms. The highest BCUT2D eigenvalue weighted by Gasteiger charge is 2.39. The number of benzene rings is 1. The van der Waals surface area contributed by atoms with Crippen LogP contribution < -0.4 is 0 Å². The van der Waals surface area contributed by atoms with Gasteiger partial charge in [-0.25, -0.2) is 13.6 Å². The highest BCUT2D eigenvalue weighted by atomic mass is 19.2. The molecular weight excluding hydrogens is 684 g/mol. The number of hydrogen-bond acceptors (Lipinski definition) is 10. The fourth-order valence-corrected chi connectivity index (χ4v) is 6.46. The van der Waals surface area contributed by atoms with Crippen molar-refractivity contribution < 1.29 is 52.0 Å². The summed E-state index contributed by atoms with van der Waals surface area (Å²) in [4.78, 5) is 47.6. The summed E-state index contributed by atoms with van der Waals surface area (Å²) in [7, 11) is 1.64. The summed E-state index contributed by atoms with van der Waals surface area (Å²) in [5.41, 5.74) is 0.0664. The number of fused-ring (bicyclic) bond motifs is 1. The van der Waals surface area contributed by atoms with Crippen LogP contribution >= 0.6 is 0 Å². The Labute approximate surface area is 304 Å². The Morgan fingerprint density at radius 1 is 0.808 bits per heavy atom. The van der Waals surface area contributed by atoms with E-state index in [1.165, 1.54) is 0 Å². The summed E-state index contributed by atoms with van der Waals surface area (Å²) in [5.74, 6) is -2.32. The standard InChI is InChI=1S/C36H55F2N5O9/c1-25-20-40(34(46)32-18-27-17-29(37)30(38)19-31(27)39(32)6)7-8-42(25)33(45)23-41-21-26(2)43(35(47)52-36(3,4)5)22-28(41)24-51-16-15-50-14-13-49-12-11-48-10-9-44/h17-19,25-26,28,44H,7-16,20-24H2,1-6H3/t25-,26-,28-/m1/s1. The second kappa shape index (κ2) is 19.1. The molecule has 3 heterocycles. The predicted octanol–water partition coefficient (Wildman–Crippen LogP) is 2.50. The fraction of sp³-hybridized carbons (Fsp3) is 0.694. The quantitative estimate of drug-likeness (QED) is 0.256. The van der Waals surface area contributed by atoms with Crippen molar-refractivity contribution in [2.45, 2.75) is 58.3 Å². The van der Waals surface area contributed by atoms with Crippen LogP contribution in [0.3, 0.4) is 0 Å². The molecule has 2 aromatic rings. The molecule has 1 aromatic carbocycles. The summed E-state index contributed by atoms with van der Waals surface area (Å²) in [6, 6.07) is 2.95. The third kappa shape index (κ3) is 11.3. The van der Waals surface area contributed by atoms with E-state index < -0.39 is 23.3 Å². The fourth-order valence-electron chi connectivity index (χ4n) is 6.46. The highest BCUT2D eigenvalue weighted by Crippen LogP contribution is 2.25. The first-order chi connectivity index (χ1) is 24.7. The Morgan fingerprint density at radius 3 is 2.02 bits per heavy atom. The molecule has 2 fully saturated rings. The molecule has 2 aliphatic heterocycles. The molecule has 2 saturated heterocycles. The van der Waals surface area contributed by atoms with Crippen LogP contribution in [0.25, 0.3) is 10.9 Å². The van der Waals surface area contributed by atoms with E-state index in [1.807, 2.05) is 39.5 Å². The van der Waals surface area contributed by atoms with Crippen LogP contribution in [0.5, 0.6) is 0 Å². The molecule has 3 atom stereocenters. The van der Waals surface area contributed by atoms with E-state index in [0.29, 0.717) is 89.0 Å². The van der Waals surface area contributed by atoms with Crippen molar-refractivity contribution in [1.29, 1.82) is 0 Å². The summed E-state index contributed by atoms with van der Waals surface area (Å²) in [6.07, 6.45) is -0.420. The van der Waals surface area contributed by atoms with Gasteiger partial charge in [0.25, 0.3) is 5.91 Å². The molecule has 1 N–H and O–H groups in total. The molecular formula is C36H55F2N5O9. The first-order valence-corrected chi connectivity index (χ1v) is 17.9. The molecule has 14 nitrogen and oxygen atoms in total. The van der Waals surface area contributed by atoms with Gasteiger partial charge in [0, 0.05) is 63.3 Å². The van der Waals surface area contributed by atoms with Gasteiger partial charge in [-0.15, -0.1) is 0 Å². The van der Waals surface area contributed by atoms with Crippen molar-refractivity contribution in [3.63, 3.8) is 0 Å². The van der Waals surface area contributed by atoms with Gasteiger partial charge in [-0.05, 0) is 46.8 Å². The first kappa shape index (κ1) is 41.3. The number of aliphatic hydroxyl groups is 1. The van der Waals surface area contributed by atoms with Crippen molar-refractivity contribution in [3.8, 4) is 0 Å². The normalized spacial score (nSPS) is 20.2. The number of hydrogen-bond donors (Lipinski definition) is 1. The van der Waals surface area contributed by atoms with Crippen molar-refractivity contribution in [2.75, 3.05) is 98.7 Å². The third-order valence-electron chi connectivity index (χ3n) is 9.12. The van der Waals surface area contributed by atoms with Crippen LogP contribution in [-0.2, 0) is 35.5 Å². The van der Waals surface area contributed by atoms with Gasteiger partial charge in [-0.3, -0.25) is 14.5 Å². The average Bonchev–Trinajstić information content (AvgIpc) is 3.39. The smallest absolute Gasteiger partial charge is 0.410 e. The van der Waals surface area contributed by atoms with Gasteiger partial charge in [0.2, 0.25) is 5.91 Å². The number of aryl methyl sites for hydroxylation is 1. The number of amides is 3. The minimum absolute atomic E-state index is 0.0261. The van der Waals surface area contributed by atoms with Crippen molar-refractivity contribution in [2.24, 2.45) is 7.05 Å². The summed E-state index contributed by atoms with van der Waals surface area (Å²) in [5, 5.41) is 9.15. The lowest BCUT2D eigenvalue weighted by Crippen LogP contribution is -2.63. The Bertz CT molecular complexity index is 1500. The van der Waals surface area contributed by atoms with Crippen LogP contribution in [0.15, 0.2) is 18.2 Å². The van der Waals surface area contributed by atoms with Crippen LogP contribution in [0, 0.1) is 11.6 Å². The number of aromatic nitrogens is 1. The molecule has 0 aliphatic carbocycles. The summed E-state index contributed by atoms with van der Waals surface area (Å²) >= 11 is 0. The lowest BCUT2D eigenvalue weighted by atomic mass is 10.1. The number of carbonyl (C=O) groups is 3. The second-order valence-electron chi connectivity index (χ2n) is 14.3. The lowest BCUT2D eigenvalue weighted by Gasteiger charge is -2.46. The molecule has 0 spiro atoms. The van der Waals surface area contributed by atoms with Gasteiger partial charge < -0.3 is 48.1 Å². The van der Waals surface area contributed by atoms with E-state index in [9.17, 15) is 23.2 Å². The number of rotatable bonds is 16. The SMILES string of the molecule is C[C@@H]1CN(C(=O)c2cc3cc(F)c(F)cc3n2C)CCN1C(=O)CN1C[C@@H](C)N(C(=O)OC(C)(C)C)C[C@@H]1COCCOCCOCCOCCO. The number of ether oxygens (including phenoxy) is 5. The van der Waals surface area contributed by atoms with Crippen LogP contribution in [0.1, 0.15) is 45.1 Å². The molecule has 0 radical (unpaired) electrons. The van der Waals surface area contributed by atoms with Crippen LogP contribution in [0.4, 0.5) is 13.6 Å². The van der Waals surface area contributed by atoms with E-state index in [4.69, 9.17) is 28.8 Å². The molecule has 1 aromatic heterocycles. The van der Waals surface area contributed by atoms with E-state index in [1.54, 1.807) is 32.4 Å². The zero-order valence-corrected chi connectivity index (χ0v) is 31.3. The van der Waals surface area contributed by atoms with Crippen LogP contribution in [-0.4, -0.2) is 170 Å². The molecule has 3 amide bonds. The maximum Gasteiger partial charge on any atom is 0.410 e. The van der Waals surface area contributed by atoms with Crippen LogP contribution in [0.2, 0.25) is 0 Å². The van der Waals surface area contributed by atoms with Gasteiger partial charge >= 0.3 is 6.09 Å². The Morgan fingerprint density at radius 2 is 1.40 bits per heavy atom. The molecule has 2 aliphatic rings. The second-order valence-corrected chi connectivity index (χ2v) is 14.3. The van der Waals surface area contributed by atoms with Gasteiger partial charge in [-0.1, -0.05) is 0 Å². The number of aliphatic hydroxyl groups excluding tert-OH is 1. The number of piperazine rings is 2. The minimum atomic E-state index is -0.979. The molecule has 52 heavy (non-hydrogen) atoms. The zero-order chi connectivity index (χ0) is 38.0. The molecule has 4 rings (SSSR count). The van der Waals surface area contributed by atoms with Gasteiger partial charge in [-0.2, -0.15) is 0 Å². The molecule has 0 unspecified atom stereocenters. The largest absolute Gasteiger partial charge is 0.444 e. The minimum Gasteiger partial charge on any atom is -0.444 e. The maximum atomic E-state index is 13.9.